The molecule has 2 aromatic rings. The molecule has 1 atom stereocenters. The number of benzene rings is 2. The highest BCUT2D eigenvalue weighted by molar-refractivity contribution is 9.10. The quantitative estimate of drug-likeness (QED) is 0.818. The van der Waals surface area contributed by atoms with Gasteiger partial charge in [0.05, 0.1) is 0 Å². The van der Waals surface area contributed by atoms with Crippen molar-refractivity contribution in [2.75, 3.05) is 5.75 Å². The average molecular weight is 336 g/mol. The Morgan fingerprint density at radius 2 is 1.89 bits per heavy atom. The summed E-state index contributed by atoms with van der Waals surface area (Å²) < 4.78 is 1.11. The van der Waals surface area contributed by atoms with Gasteiger partial charge in [0.15, 0.2) is 0 Å². The number of rotatable bonds is 5. The van der Waals surface area contributed by atoms with E-state index < -0.39 is 0 Å². The van der Waals surface area contributed by atoms with Gasteiger partial charge in [-0.15, -0.1) is 11.8 Å². The minimum atomic E-state index is 0.187. The van der Waals surface area contributed by atoms with E-state index in [2.05, 4.69) is 71.4 Å². The molecule has 0 aromatic heterocycles. The molecule has 2 N–H and O–H groups in total. The van der Waals surface area contributed by atoms with E-state index in [4.69, 9.17) is 5.73 Å². The van der Waals surface area contributed by atoms with Gasteiger partial charge < -0.3 is 5.73 Å². The predicted molar refractivity (Wildman–Crippen MR) is 87.7 cm³/mol. The smallest absolute Gasteiger partial charge is 0.0175 e. The van der Waals surface area contributed by atoms with E-state index in [0.717, 1.165) is 16.6 Å². The molecule has 100 valence electrons. The van der Waals surface area contributed by atoms with Gasteiger partial charge in [-0.1, -0.05) is 45.8 Å². The first-order valence-corrected chi connectivity index (χ1v) is 8.11. The van der Waals surface area contributed by atoms with Crippen LogP contribution in [0.3, 0.4) is 0 Å². The minimum Gasteiger partial charge on any atom is -0.327 e. The lowest BCUT2D eigenvalue weighted by atomic mass is 10.1. The summed E-state index contributed by atoms with van der Waals surface area (Å²) in [4.78, 5) is 1.30. The molecule has 0 bridgehead atoms. The zero-order valence-electron chi connectivity index (χ0n) is 11.0. The van der Waals surface area contributed by atoms with Crippen molar-refractivity contribution in [1.29, 1.82) is 0 Å². The molecule has 0 aliphatic carbocycles. The summed E-state index contributed by atoms with van der Waals surface area (Å²) in [5.74, 6) is 0.944. The van der Waals surface area contributed by atoms with Crippen molar-refractivity contribution in [3.05, 3.63) is 64.1 Å². The molecule has 0 radical (unpaired) electrons. The normalized spacial score (nSPS) is 12.4. The summed E-state index contributed by atoms with van der Waals surface area (Å²) in [6.45, 7) is 2.12. The second-order valence-corrected chi connectivity index (χ2v) is 6.73. The van der Waals surface area contributed by atoms with Gasteiger partial charge in [-0.2, -0.15) is 0 Å². The van der Waals surface area contributed by atoms with Crippen LogP contribution in [0.5, 0.6) is 0 Å². The van der Waals surface area contributed by atoms with Gasteiger partial charge in [-0.3, -0.25) is 0 Å². The second kappa shape index (κ2) is 7.13. The van der Waals surface area contributed by atoms with Crippen LogP contribution in [-0.4, -0.2) is 11.8 Å². The first-order chi connectivity index (χ1) is 9.13. The molecular formula is C16H18BrNS. The molecule has 1 unspecified atom stereocenters. The molecule has 0 spiro atoms. The van der Waals surface area contributed by atoms with E-state index in [1.807, 2.05) is 11.8 Å². The lowest BCUT2D eigenvalue weighted by Crippen LogP contribution is -2.25. The molecule has 0 aliphatic heterocycles. The highest BCUT2D eigenvalue weighted by Crippen LogP contribution is 2.20. The molecule has 2 rings (SSSR count). The first kappa shape index (κ1) is 14.6. The summed E-state index contributed by atoms with van der Waals surface area (Å²) in [5, 5.41) is 0. The van der Waals surface area contributed by atoms with Gasteiger partial charge in [0, 0.05) is 21.2 Å². The summed E-state index contributed by atoms with van der Waals surface area (Å²) in [5.41, 5.74) is 8.79. The average Bonchev–Trinajstić information content (AvgIpc) is 2.39. The highest BCUT2D eigenvalue weighted by Gasteiger charge is 2.05. The van der Waals surface area contributed by atoms with Crippen LogP contribution >= 0.6 is 27.7 Å². The number of hydrogen-bond acceptors (Lipinski definition) is 2. The Kier molecular flexibility index (Phi) is 5.49. The van der Waals surface area contributed by atoms with Crippen molar-refractivity contribution in [1.82, 2.24) is 0 Å². The van der Waals surface area contributed by atoms with Crippen molar-refractivity contribution in [2.24, 2.45) is 5.73 Å². The third kappa shape index (κ3) is 5.01. The van der Waals surface area contributed by atoms with Gasteiger partial charge in [0.2, 0.25) is 0 Å². The van der Waals surface area contributed by atoms with Gasteiger partial charge >= 0.3 is 0 Å². The van der Waals surface area contributed by atoms with E-state index in [9.17, 15) is 0 Å². The number of aryl methyl sites for hydroxylation is 1. The standard InChI is InChI=1S/C16H18BrNS/c1-12-3-2-4-16(9-12)19-11-15(18)10-13-5-7-14(17)8-6-13/h2-9,15H,10-11,18H2,1H3. The maximum atomic E-state index is 6.20. The first-order valence-electron chi connectivity index (χ1n) is 6.33. The molecule has 1 nitrogen and oxygen atoms in total. The van der Waals surface area contributed by atoms with E-state index in [0.29, 0.717) is 0 Å². The molecule has 3 heteroatoms. The van der Waals surface area contributed by atoms with E-state index in [-0.39, 0.29) is 6.04 Å². The monoisotopic (exact) mass is 335 g/mol. The van der Waals surface area contributed by atoms with Gasteiger partial charge in [0.25, 0.3) is 0 Å². The topological polar surface area (TPSA) is 26.0 Å². The molecule has 0 saturated heterocycles. The fourth-order valence-corrected chi connectivity index (χ4v) is 3.12. The van der Waals surface area contributed by atoms with Crippen molar-refractivity contribution < 1.29 is 0 Å². The van der Waals surface area contributed by atoms with Crippen LogP contribution in [0.1, 0.15) is 11.1 Å². The summed E-state index contributed by atoms with van der Waals surface area (Å²) in [7, 11) is 0. The Morgan fingerprint density at radius 1 is 1.16 bits per heavy atom. The molecule has 19 heavy (non-hydrogen) atoms. The zero-order valence-corrected chi connectivity index (χ0v) is 13.4. The second-order valence-electron chi connectivity index (χ2n) is 4.72. The fraction of sp³-hybridized carbons (Fsp3) is 0.250. The van der Waals surface area contributed by atoms with Crippen LogP contribution in [0.15, 0.2) is 57.9 Å². The molecule has 0 fully saturated rings. The summed E-state index contributed by atoms with van der Waals surface area (Å²) in [6, 6.07) is 17.1. The van der Waals surface area contributed by atoms with Crippen molar-refractivity contribution >= 4 is 27.7 Å². The number of hydrogen-bond donors (Lipinski definition) is 1. The Balaban J connectivity index is 1.84. The summed E-state index contributed by atoms with van der Waals surface area (Å²) in [6.07, 6.45) is 0.923. The third-order valence-electron chi connectivity index (χ3n) is 2.86. The molecule has 0 amide bonds. The minimum absolute atomic E-state index is 0.187. The maximum absolute atomic E-state index is 6.20. The van der Waals surface area contributed by atoms with Gasteiger partial charge in [0.1, 0.15) is 0 Å². The maximum Gasteiger partial charge on any atom is 0.0175 e. The lowest BCUT2D eigenvalue weighted by molar-refractivity contribution is 0.748. The van der Waals surface area contributed by atoms with E-state index in [1.165, 1.54) is 16.0 Å². The van der Waals surface area contributed by atoms with E-state index >= 15 is 0 Å². The Hall–Kier alpha value is -0.770. The fourth-order valence-electron chi connectivity index (χ4n) is 1.89. The van der Waals surface area contributed by atoms with Crippen molar-refractivity contribution in [3.63, 3.8) is 0 Å². The Morgan fingerprint density at radius 3 is 2.58 bits per heavy atom. The number of nitrogens with two attached hydrogens (primary N) is 1. The Labute approximate surface area is 127 Å². The van der Waals surface area contributed by atoms with Gasteiger partial charge in [-0.05, 0) is 43.2 Å². The van der Waals surface area contributed by atoms with Crippen LogP contribution in [-0.2, 0) is 6.42 Å². The van der Waals surface area contributed by atoms with Crippen molar-refractivity contribution in [3.8, 4) is 0 Å². The van der Waals surface area contributed by atoms with Crippen LogP contribution in [0, 0.1) is 6.92 Å². The van der Waals surface area contributed by atoms with E-state index in [1.54, 1.807) is 0 Å². The zero-order chi connectivity index (χ0) is 13.7. The number of thioether (sulfide) groups is 1. The number of halogens is 1. The van der Waals surface area contributed by atoms with Crippen molar-refractivity contribution in [2.45, 2.75) is 24.3 Å². The highest BCUT2D eigenvalue weighted by atomic mass is 79.9. The van der Waals surface area contributed by atoms with Gasteiger partial charge in [-0.25, -0.2) is 0 Å². The van der Waals surface area contributed by atoms with Crippen LogP contribution in [0.4, 0.5) is 0 Å². The predicted octanol–water partition coefficient (Wildman–Crippen LogP) is 4.42. The molecule has 2 aromatic carbocycles. The SMILES string of the molecule is Cc1cccc(SCC(N)Cc2ccc(Br)cc2)c1. The van der Waals surface area contributed by atoms with Crippen LogP contribution in [0.25, 0.3) is 0 Å². The largest absolute Gasteiger partial charge is 0.327 e. The van der Waals surface area contributed by atoms with Crippen LogP contribution in [0.2, 0.25) is 0 Å². The molecular weight excluding hydrogens is 318 g/mol. The molecule has 0 aliphatic rings. The lowest BCUT2D eigenvalue weighted by Gasteiger charge is -2.11. The third-order valence-corrected chi connectivity index (χ3v) is 4.58. The Bertz CT molecular complexity index is 525. The molecule has 0 saturated carbocycles. The van der Waals surface area contributed by atoms with Crippen LogP contribution < -0.4 is 5.73 Å². The summed E-state index contributed by atoms with van der Waals surface area (Å²) >= 11 is 5.28. The molecule has 0 heterocycles.